The number of likely N-dealkylation sites (N-methyl/N-ethyl adjacent to an activating group) is 1. The number of hydrogen-bond donors (Lipinski definition) is 2. The Morgan fingerprint density at radius 3 is 3.19 bits per heavy atom. The Labute approximate surface area is 105 Å². The molecule has 0 spiro atoms. The van der Waals surface area contributed by atoms with Gasteiger partial charge in [-0.1, -0.05) is 0 Å². The summed E-state index contributed by atoms with van der Waals surface area (Å²) >= 11 is 3.78. The molecule has 1 aromatic rings. The third kappa shape index (κ3) is 2.99. The van der Waals surface area contributed by atoms with E-state index in [1.807, 2.05) is 11.8 Å². The van der Waals surface area contributed by atoms with E-state index in [0.717, 1.165) is 13.0 Å². The maximum Gasteiger partial charge on any atom is 0.0414 e. The van der Waals surface area contributed by atoms with Gasteiger partial charge in [0.2, 0.25) is 0 Å². The van der Waals surface area contributed by atoms with Gasteiger partial charge in [0.25, 0.3) is 0 Å². The van der Waals surface area contributed by atoms with Crippen molar-refractivity contribution in [1.82, 2.24) is 10.3 Å². The number of rotatable bonds is 4. The molecular formula is C11H19N3S2. The van der Waals surface area contributed by atoms with E-state index in [9.17, 15) is 0 Å². The molecule has 1 aliphatic rings. The number of nitrogens with two attached hydrogens (primary N) is 1. The molecule has 1 saturated heterocycles. The number of nitrogens with zero attached hydrogens (tertiary/aromatic N) is 1. The van der Waals surface area contributed by atoms with Crippen LogP contribution in [0.4, 0.5) is 0 Å². The summed E-state index contributed by atoms with van der Waals surface area (Å²) in [5.74, 6) is 8.11. The zero-order valence-corrected chi connectivity index (χ0v) is 11.2. The van der Waals surface area contributed by atoms with E-state index in [4.69, 9.17) is 5.84 Å². The van der Waals surface area contributed by atoms with Crippen molar-refractivity contribution in [2.45, 2.75) is 18.5 Å². The molecule has 2 atom stereocenters. The lowest BCUT2D eigenvalue weighted by Gasteiger charge is -2.37. The Bertz CT molecular complexity index is 302. The number of thioether (sulfide) groups is 1. The second-order valence-corrected chi connectivity index (χ2v) is 6.16. The monoisotopic (exact) mass is 257 g/mol. The Balaban J connectivity index is 1.98. The topological polar surface area (TPSA) is 41.3 Å². The molecule has 0 bridgehead atoms. The maximum atomic E-state index is 5.70. The van der Waals surface area contributed by atoms with Crippen LogP contribution in [0.1, 0.15) is 5.56 Å². The van der Waals surface area contributed by atoms with Crippen LogP contribution in [0.3, 0.4) is 0 Å². The van der Waals surface area contributed by atoms with Crippen molar-refractivity contribution in [2.75, 3.05) is 25.1 Å². The molecular weight excluding hydrogens is 238 g/mol. The minimum atomic E-state index is 0.354. The van der Waals surface area contributed by atoms with Crippen LogP contribution in [0, 0.1) is 0 Å². The van der Waals surface area contributed by atoms with Gasteiger partial charge in [0, 0.05) is 30.1 Å². The quantitative estimate of drug-likeness (QED) is 0.627. The van der Waals surface area contributed by atoms with Crippen molar-refractivity contribution in [3.05, 3.63) is 22.4 Å². The lowest BCUT2D eigenvalue weighted by molar-refractivity contribution is 0.214. The molecule has 0 aliphatic carbocycles. The van der Waals surface area contributed by atoms with Crippen molar-refractivity contribution < 1.29 is 0 Å². The van der Waals surface area contributed by atoms with Crippen molar-refractivity contribution >= 4 is 23.1 Å². The number of nitrogens with one attached hydrogen (secondary N) is 1. The first-order valence-electron chi connectivity index (χ1n) is 5.56. The fourth-order valence-electron chi connectivity index (χ4n) is 2.10. The number of thiophene rings is 1. The van der Waals surface area contributed by atoms with Crippen LogP contribution in [0.5, 0.6) is 0 Å². The van der Waals surface area contributed by atoms with E-state index >= 15 is 0 Å². The normalized spacial score (nSPS) is 24.5. The fraction of sp³-hybridized carbons (Fsp3) is 0.636. The first kappa shape index (κ1) is 12.4. The van der Waals surface area contributed by atoms with Crippen molar-refractivity contribution in [2.24, 2.45) is 5.84 Å². The highest BCUT2D eigenvalue weighted by atomic mass is 32.2. The summed E-state index contributed by atoms with van der Waals surface area (Å²) in [4.78, 5) is 2.42. The third-order valence-corrected chi connectivity index (χ3v) is 4.94. The molecule has 1 aromatic heterocycles. The third-order valence-electron chi connectivity index (χ3n) is 3.16. The predicted molar refractivity (Wildman–Crippen MR) is 72.9 cm³/mol. The molecule has 1 aliphatic heterocycles. The fourth-order valence-corrected chi connectivity index (χ4v) is 4.09. The van der Waals surface area contributed by atoms with Crippen LogP contribution >= 0.6 is 23.1 Å². The van der Waals surface area contributed by atoms with E-state index in [0.29, 0.717) is 12.1 Å². The van der Waals surface area contributed by atoms with Crippen LogP contribution < -0.4 is 11.3 Å². The van der Waals surface area contributed by atoms with Crippen molar-refractivity contribution in [3.63, 3.8) is 0 Å². The van der Waals surface area contributed by atoms with Crippen LogP contribution in [0.2, 0.25) is 0 Å². The van der Waals surface area contributed by atoms with Crippen molar-refractivity contribution in [3.8, 4) is 0 Å². The second kappa shape index (κ2) is 6.02. The molecule has 90 valence electrons. The van der Waals surface area contributed by atoms with Crippen LogP contribution in [-0.4, -0.2) is 42.1 Å². The molecule has 3 N–H and O–H groups in total. The largest absolute Gasteiger partial charge is 0.300 e. The molecule has 3 nitrogen and oxygen atoms in total. The lowest BCUT2D eigenvalue weighted by atomic mass is 10.0. The van der Waals surface area contributed by atoms with Gasteiger partial charge in [0.05, 0.1) is 0 Å². The van der Waals surface area contributed by atoms with Gasteiger partial charge in [-0.05, 0) is 35.9 Å². The van der Waals surface area contributed by atoms with Gasteiger partial charge in [-0.15, -0.1) is 0 Å². The van der Waals surface area contributed by atoms with Crippen LogP contribution in [-0.2, 0) is 6.42 Å². The Morgan fingerprint density at radius 1 is 1.69 bits per heavy atom. The summed E-state index contributed by atoms with van der Waals surface area (Å²) in [6, 6.07) is 3.08. The first-order valence-corrected chi connectivity index (χ1v) is 7.66. The smallest absolute Gasteiger partial charge is 0.0414 e. The van der Waals surface area contributed by atoms with E-state index in [1.54, 1.807) is 11.3 Å². The minimum absolute atomic E-state index is 0.354. The number of hydrogen-bond acceptors (Lipinski definition) is 5. The molecule has 5 heteroatoms. The molecule has 2 heterocycles. The van der Waals surface area contributed by atoms with E-state index < -0.39 is 0 Å². The molecule has 16 heavy (non-hydrogen) atoms. The van der Waals surface area contributed by atoms with Gasteiger partial charge in [-0.25, -0.2) is 0 Å². The van der Waals surface area contributed by atoms with E-state index in [2.05, 4.69) is 34.2 Å². The van der Waals surface area contributed by atoms with Gasteiger partial charge in [0.15, 0.2) is 0 Å². The average Bonchev–Trinajstić information content (AvgIpc) is 2.80. The van der Waals surface area contributed by atoms with Gasteiger partial charge in [0.1, 0.15) is 0 Å². The Hall–Kier alpha value is -0.0700. The summed E-state index contributed by atoms with van der Waals surface area (Å²) in [6.45, 7) is 1.16. The van der Waals surface area contributed by atoms with Crippen LogP contribution in [0.25, 0.3) is 0 Å². The van der Waals surface area contributed by atoms with E-state index in [1.165, 1.54) is 17.1 Å². The molecule has 0 aromatic carbocycles. The van der Waals surface area contributed by atoms with E-state index in [-0.39, 0.29) is 0 Å². The summed E-state index contributed by atoms with van der Waals surface area (Å²) in [5.41, 5.74) is 4.38. The van der Waals surface area contributed by atoms with Gasteiger partial charge < -0.3 is 4.90 Å². The summed E-state index contributed by atoms with van der Waals surface area (Å²) in [7, 11) is 2.20. The Kier molecular flexibility index (Phi) is 4.66. The summed E-state index contributed by atoms with van der Waals surface area (Å²) < 4.78 is 0. The standard InChI is InChI=1S/C11H19N3S2/c1-14-3-5-16-8-11(14)10(13-12)6-9-2-4-15-7-9/h2,4,7,10-11,13H,3,5-6,8,12H2,1H3. The molecule has 1 fully saturated rings. The second-order valence-electron chi connectivity index (χ2n) is 4.23. The lowest BCUT2D eigenvalue weighted by Crippen LogP contribution is -2.55. The molecule has 2 unspecified atom stereocenters. The maximum absolute atomic E-state index is 5.70. The minimum Gasteiger partial charge on any atom is -0.300 e. The Morgan fingerprint density at radius 2 is 2.56 bits per heavy atom. The average molecular weight is 257 g/mol. The zero-order valence-electron chi connectivity index (χ0n) is 9.56. The highest BCUT2D eigenvalue weighted by molar-refractivity contribution is 7.99. The van der Waals surface area contributed by atoms with Crippen LogP contribution in [0.15, 0.2) is 16.8 Å². The molecule has 0 radical (unpaired) electrons. The van der Waals surface area contributed by atoms with Gasteiger partial charge in [-0.2, -0.15) is 23.1 Å². The van der Waals surface area contributed by atoms with Gasteiger partial charge >= 0.3 is 0 Å². The molecule has 2 rings (SSSR count). The molecule has 0 saturated carbocycles. The predicted octanol–water partition coefficient (Wildman–Crippen LogP) is 1.17. The SMILES string of the molecule is CN1CCSCC1C(Cc1ccsc1)NN. The number of hydrazine groups is 1. The zero-order chi connectivity index (χ0) is 11.4. The molecule has 0 amide bonds. The summed E-state index contributed by atoms with van der Waals surface area (Å²) in [6.07, 6.45) is 1.02. The summed E-state index contributed by atoms with van der Waals surface area (Å²) in [5, 5.41) is 4.34. The first-order chi connectivity index (χ1) is 7.81. The van der Waals surface area contributed by atoms with Gasteiger partial charge in [-0.3, -0.25) is 11.3 Å². The highest BCUT2D eigenvalue weighted by Crippen LogP contribution is 2.20. The highest BCUT2D eigenvalue weighted by Gasteiger charge is 2.27. The van der Waals surface area contributed by atoms with Crippen molar-refractivity contribution in [1.29, 1.82) is 0 Å².